The Kier molecular flexibility index (Phi) is 6.53. The minimum atomic E-state index is -0.397. The van der Waals surface area contributed by atoms with Gasteiger partial charge in [0, 0.05) is 23.3 Å². The number of hydrogen-bond donors (Lipinski definition) is 3. The van der Waals surface area contributed by atoms with E-state index in [0.717, 1.165) is 22.2 Å². The van der Waals surface area contributed by atoms with Crippen LogP contribution in [0.15, 0.2) is 61.4 Å². The first kappa shape index (κ1) is 22.6. The molecule has 33 heavy (non-hydrogen) atoms. The predicted octanol–water partition coefficient (Wildman–Crippen LogP) is 6.58. The van der Waals surface area contributed by atoms with Crippen molar-refractivity contribution in [2.75, 3.05) is 10.6 Å². The zero-order valence-corrected chi connectivity index (χ0v) is 19.5. The number of fused-ring (bicyclic) bond motifs is 1. The van der Waals surface area contributed by atoms with Crippen LogP contribution in [0.2, 0.25) is 10.0 Å². The van der Waals surface area contributed by atoms with Crippen LogP contribution in [-0.2, 0) is 4.79 Å². The van der Waals surface area contributed by atoms with Gasteiger partial charge in [-0.3, -0.25) is 14.9 Å². The van der Waals surface area contributed by atoms with Gasteiger partial charge in [-0.1, -0.05) is 41.9 Å². The highest BCUT2D eigenvalue weighted by Crippen LogP contribution is 2.35. The number of anilines is 3. The van der Waals surface area contributed by atoms with Crippen molar-refractivity contribution in [3.05, 3.63) is 82.6 Å². The largest absolute Gasteiger partial charge is 0.486 e. The second-order valence-electron chi connectivity index (χ2n) is 7.37. The standard InChI is InChI=1S/C24H21Cl2N5O2/c1-4-21(32)28-20-7-5-6-13(2)23(20)29-24-16-10-15(8-9-19(16)30-31-24)33-14(3)22-17(25)11-27-12-18(22)26/h4-12,14H,1H2,2-3H3,(H,28,32)(H2,29,30,31)/t14-/m1/s1. The number of aromatic nitrogens is 3. The molecule has 0 unspecified atom stereocenters. The smallest absolute Gasteiger partial charge is 0.247 e. The van der Waals surface area contributed by atoms with Gasteiger partial charge in [0.2, 0.25) is 5.91 Å². The first-order valence-electron chi connectivity index (χ1n) is 10.1. The highest BCUT2D eigenvalue weighted by Gasteiger charge is 2.17. The molecule has 1 atom stereocenters. The summed E-state index contributed by atoms with van der Waals surface area (Å²) in [6.45, 7) is 7.32. The molecule has 0 aliphatic rings. The van der Waals surface area contributed by atoms with E-state index in [-0.39, 0.29) is 5.91 Å². The van der Waals surface area contributed by atoms with Crippen molar-refractivity contribution in [2.24, 2.45) is 0 Å². The first-order chi connectivity index (χ1) is 15.9. The molecule has 0 fully saturated rings. The zero-order chi connectivity index (χ0) is 23.5. The number of aromatic amines is 1. The number of H-pyrrole nitrogens is 1. The molecule has 7 nitrogen and oxygen atoms in total. The molecule has 2 heterocycles. The molecule has 4 aromatic rings. The molecule has 2 aromatic heterocycles. The summed E-state index contributed by atoms with van der Waals surface area (Å²) in [6, 6.07) is 11.2. The van der Waals surface area contributed by atoms with Crippen LogP contribution >= 0.6 is 23.2 Å². The number of carbonyl (C=O) groups excluding carboxylic acids is 1. The van der Waals surface area contributed by atoms with Gasteiger partial charge < -0.3 is 15.4 Å². The topological polar surface area (TPSA) is 91.9 Å². The Hall–Kier alpha value is -3.55. The van der Waals surface area contributed by atoms with Gasteiger partial charge in [0.1, 0.15) is 11.9 Å². The fraction of sp³-hybridized carbons (Fsp3) is 0.125. The fourth-order valence-corrected chi connectivity index (χ4v) is 4.15. The van der Waals surface area contributed by atoms with Crippen molar-refractivity contribution < 1.29 is 9.53 Å². The van der Waals surface area contributed by atoms with Crippen LogP contribution in [0.25, 0.3) is 10.9 Å². The lowest BCUT2D eigenvalue weighted by atomic mass is 10.1. The number of rotatable bonds is 7. The summed E-state index contributed by atoms with van der Waals surface area (Å²) < 4.78 is 6.13. The maximum Gasteiger partial charge on any atom is 0.247 e. The first-order valence-corrected chi connectivity index (χ1v) is 10.9. The molecule has 0 aliphatic carbocycles. The Morgan fingerprint density at radius 1 is 1.21 bits per heavy atom. The van der Waals surface area contributed by atoms with Crippen LogP contribution in [0, 0.1) is 6.92 Å². The molecule has 0 bridgehead atoms. The van der Waals surface area contributed by atoms with Crippen LogP contribution < -0.4 is 15.4 Å². The summed E-state index contributed by atoms with van der Waals surface area (Å²) in [5.41, 5.74) is 3.79. The average Bonchev–Trinajstić information content (AvgIpc) is 3.18. The zero-order valence-electron chi connectivity index (χ0n) is 17.9. The number of aryl methyl sites for hydroxylation is 1. The number of para-hydroxylation sites is 1. The Morgan fingerprint density at radius 2 is 1.97 bits per heavy atom. The molecule has 4 rings (SSSR count). The third kappa shape index (κ3) is 4.79. The quantitative estimate of drug-likeness (QED) is 0.259. The van der Waals surface area contributed by atoms with Gasteiger partial charge in [0.15, 0.2) is 5.82 Å². The van der Waals surface area contributed by atoms with Gasteiger partial charge in [0.05, 0.1) is 26.9 Å². The van der Waals surface area contributed by atoms with E-state index in [1.165, 1.54) is 18.5 Å². The predicted molar refractivity (Wildman–Crippen MR) is 133 cm³/mol. The number of ether oxygens (including phenoxy) is 1. The number of halogens is 2. The van der Waals surface area contributed by atoms with Crippen molar-refractivity contribution in [1.82, 2.24) is 15.2 Å². The Morgan fingerprint density at radius 3 is 2.70 bits per heavy atom. The molecule has 0 saturated heterocycles. The number of amides is 1. The summed E-state index contributed by atoms with van der Waals surface area (Å²) in [7, 11) is 0. The molecule has 0 spiro atoms. The molecule has 0 aliphatic heterocycles. The van der Waals surface area contributed by atoms with E-state index in [2.05, 4.69) is 32.4 Å². The molecule has 9 heteroatoms. The van der Waals surface area contributed by atoms with Gasteiger partial charge in [-0.25, -0.2) is 0 Å². The normalized spacial score (nSPS) is 11.8. The highest BCUT2D eigenvalue weighted by molar-refractivity contribution is 6.35. The molecule has 1 amide bonds. The van der Waals surface area contributed by atoms with Crippen LogP contribution in [-0.4, -0.2) is 21.1 Å². The van der Waals surface area contributed by atoms with Crippen LogP contribution in [0.1, 0.15) is 24.2 Å². The van der Waals surface area contributed by atoms with Gasteiger partial charge in [-0.15, -0.1) is 0 Å². The number of carbonyl (C=O) groups is 1. The van der Waals surface area contributed by atoms with Gasteiger partial charge >= 0.3 is 0 Å². The fourth-order valence-electron chi connectivity index (χ4n) is 3.47. The molecule has 3 N–H and O–H groups in total. The second-order valence-corrected chi connectivity index (χ2v) is 8.19. The van der Waals surface area contributed by atoms with E-state index in [1.54, 1.807) is 0 Å². The summed E-state index contributed by atoms with van der Waals surface area (Å²) >= 11 is 12.5. The van der Waals surface area contributed by atoms with Crippen molar-refractivity contribution in [3.63, 3.8) is 0 Å². The lowest BCUT2D eigenvalue weighted by molar-refractivity contribution is -0.111. The lowest BCUT2D eigenvalue weighted by Crippen LogP contribution is -2.10. The summed E-state index contributed by atoms with van der Waals surface area (Å²) in [5, 5.41) is 15.2. The van der Waals surface area contributed by atoms with Crippen molar-refractivity contribution in [2.45, 2.75) is 20.0 Å². The van der Waals surface area contributed by atoms with E-state index >= 15 is 0 Å². The summed E-state index contributed by atoms with van der Waals surface area (Å²) in [5.74, 6) is 0.911. The van der Waals surface area contributed by atoms with Crippen LogP contribution in [0.5, 0.6) is 5.75 Å². The Labute approximate surface area is 200 Å². The van der Waals surface area contributed by atoms with Crippen LogP contribution in [0.4, 0.5) is 17.2 Å². The SMILES string of the molecule is C=CC(=O)Nc1cccc(C)c1Nc1n[nH]c2ccc(O[C@H](C)c3c(Cl)cncc3Cl)cc12. The summed E-state index contributed by atoms with van der Waals surface area (Å²) in [4.78, 5) is 15.8. The van der Waals surface area contributed by atoms with E-state index in [4.69, 9.17) is 27.9 Å². The second kappa shape index (κ2) is 9.52. The van der Waals surface area contributed by atoms with E-state index in [0.29, 0.717) is 32.9 Å². The maximum absolute atomic E-state index is 11.9. The lowest BCUT2D eigenvalue weighted by Gasteiger charge is -2.17. The number of nitrogens with zero attached hydrogens (tertiary/aromatic N) is 2. The van der Waals surface area contributed by atoms with E-state index in [1.807, 2.05) is 50.2 Å². The van der Waals surface area contributed by atoms with E-state index < -0.39 is 6.10 Å². The third-order valence-corrected chi connectivity index (χ3v) is 5.71. The third-order valence-electron chi connectivity index (χ3n) is 5.10. The molecular weight excluding hydrogens is 461 g/mol. The minimum absolute atomic E-state index is 0.298. The van der Waals surface area contributed by atoms with Crippen LogP contribution in [0.3, 0.4) is 0 Å². The van der Waals surface area contributed by atoms with Gasteiger partial charge in [0.25, 0.3) is 0 Å². The number of pyridine rings is 1. The molecule has 2 aromatic carbocycles. The van der Waals surface area contributed by atoms with Crippen molar-refractivity contribution >= 4 is 57.2 Å². The van der Waals surface area contributed by atoms with Gasteiger partial charge in [-0.2, -0.15) is 5.10 Å². The maximum atomic E-state index is 11.9. The monoisotopic (exact) mass is 481 g/mol. The minimum Gasteiger partial charge on any atom is -0.486 e. The van der Waals surface area contributed by atoms with E-state index in [9.17, 15) is 4.79 Å². The Balaban J connectivity index is 1.65. The average molecular weight is 482 g/mol. The number of hydrogen-bond acceptors (Lipinski definition) is 5. The van der Waals surface area contributed by atoms with Gasteiger partial charge in [-0.05, 0) is 49.8 Å². The molecule has 0 saturated carbocycles. The molecule has 0 radical (unpaired) electrons. The Bertz CT molecular complexity index is 1330. The molecular formula is C24H21Cl2N5O2. The number of nitrogens with one attached hydrogen (secondary N) is 3. The highest BCUT2D eigenvalue weighted by atomic mass is 35.5. The van der Waals surface area contributed by atoms with Crippen molar-refractivity contribution in [1.29, 1.82) is 0 Å². The number of benzene rings is 2. The summed E-state index contributed by atoms with van der Waals surface area (Å²) in [6.07, 6.45) is 3.90. The van der Waals surface area contributed by atoms with Crippen molar-refractivity contribution in [3.8, 4) is 5.75 Å². The molecule has 168 valence electrons.